The number of alkyl halides is 1. The lowest BCUT2D eigenvalue weighted by atomic mass is 10.1. The molecule has 88 valence electrons. The highest BCUT2D eigenvalue weighted by atomic mass is 79.9. The SMILES string of the molecule is CCCC(Br)Cc1ccc(F)cc1[N+](=O)[O-]. The molecule has 0 saturated heterocycles. The second-order valence-corrected chi connectivity index (χ2v) is 4.92. The van der Waals surface area contributed by atoms with E-state index in [9.17, 15) is 14.5 Å². The number of nitrogens with zero attached hydrogens (tertiary/aromatic N) is 1. The van der Waals surface area contributed by atoms with Gasteiger partial charge in [0.15, 0.2) is 0 Å². The molecule has 0 N–H and O–H groups in total. The van der Waals surface area contributed by atoms with Crippen LogP contribution in [0.5, 0.6) is 0 Å². The second-order valence-electron chi connectivity index (χ2n) is 3.62. The van der Waals surface area contributed by atoms with Crippen LogP contribution in [0.1, 0.15) is 25.3 Å². The van der Waals surface area contributed by atoms with Gasteiger partial charge in [-0.2, -0.15) is 0 Å². The minimum atomic E-state index is -0.572. The molecule has 1 rings (SSSR count). The topological polar surface area (TPSA) is 43.1 Å². The molecule has 3 nitrogen and oxygen atoms in total. The van der Waals surface area contributed by atoms with Gasteiger partial charge in [0.25, 0.3) is 5.69 Å². The number of hydrogen-bond acceptors (Lipinski definition) is 2. The molecule has 0 fully saturated rings. The summed E-state index contributed by atoms with van der Waals surface area (Å²) in [5.74, 6) is -0.572. The maximum atomic E-state index is 12.9. The van der Waals surface area contributed by atoms with E-state index in [0.29, 0.717) is 12.0 Å². The lowest BCUT2D eigenvalue weighted by Crippen LogP contribution is -2.05. The van der Waals surface area contributed by atoms with Crippen molar-refractivity contribution in [3.05, 3.63) is 39.7 Å². The van der Waals surface area contributed by atoms with E-state index in [1.54, 1.807) is 0 Å². The third-order valence-electron chi connectivity index (χ3n) is 2.29. The molecule has 0 spiro atoms. The summed E-state index contributed by atoms with van der Waals surface area (Å²) in [4.78, 5) is 10.4. The van der Waals surface area contributed by atoms with Gasteiger partial charge in [-0.25, -0.2) is 4.39 Å². The van der Waals surface area contributed by atoms with Crippen LogP contribution < -0.4 is 0 Å². The van der Waals surface area contributed by atoms with Gasteiger partial charge in [-0.3, -0.25) is 10.1 Å². The summed E-state index contributed by atoms with van der Waals surface area (Å²) in [6, 6.07) is 3.71. The van der Waals surface area contributed by atoms with Crippen molar-refractivity contribution in [1.82, 2.24) is 0 Å². The monoisotopic (exact) mass is 289 g/mol. The summed E-state index contributed by atoms with van der Waals surface area (Å²) in [6.07, 6.45) is 2.49. The molecule has 0 aliphatic carbocycles. The minimum Gasteiger partial charge on any atom is -0.258 e. The first-order valence-electron chi connectivity index (χ1n) is 5.11. The average Bonchev–Trinajstić information content (AvgIpc) is 2.20. The summed E-state index contributed by atoms with van der Waals surface area (Å²) >= 11 is 3.46. The Hall–Kier alpha value is -0.970. The molecule has 1 aromatic rings. The summed E-state index contributed by atoms with van der Waals surface area (Å²) in [6.45, 7) is 2.05. The molecule has 0 saturated carbocycles. The standard InChI is InChI=1S/C11H13BrFNO2/c1-2-3-9(12)6-8-4-5-10(13)7-11(8)14(15)16/h4-5,7,9H,2-3,6H2,1H3. The fourth-order valence-corrected chi connectivity index (χ4v) is 2.34. The second kappa shape index (κ2) is 5.94. The average molecular weight is 290 g/mol. The fraction of sp³-hybridized carbons (Fsp3) is 0.455. The lowest BCUT2D eigenvalue weighted by Gasteiger charge is -2.08. The van der Waals surface area contributed by atoms with Crippen molar-refractivity contribution in [3.8, 4) is 0 Å². The fourth-order valence-electron chi connectivity index (χ4n) is 1.53. The van der Waals surface area contributed by atoms with Crippen LogP contribution in [0.15, 0.2) is 18.2 Å². The quantitative estimate of drug-likeness (QED) is 0.470. The normalized spacial score (nSPS) is 12.4. The highest BCUT2D eigenvalue weighted by Gasteiger charge is 2.17. The Balaban J connectivity index is 2.90. The molecule has 0 aliphatic heterocycles. The van der Waals surface area contributed by atoms with E-state index in [1.807, 2.05) is 6.92 Å². The first kappa shape index (κ1) is 13.1. The zero-order valence-corrected chi connectivity index (χ0v) is 10.5. The van der Waals surface area contributed by atoms with Gasteiger partial charge in [-0.1, -0.05) is 29.3 Å². The Morgan fingerprint density at radius 1 is 1.56 bits per heavy atom. The van der Waals surface area contributed by atoms with Crippen molar-refractivity contribution in [3.63, 3.8) is 0 Å². The number of halogens is 2. The molecular formula is C11H13BrFNO2. The van der Waals surface area contributed by atoms with E-state index in [-0.39, 0.29) is 10.5 Å². The molecule has 0 amide bonds. The predicted octanol–water partition coefficient (Wildman–Crippen LogP) is 3.84. The molecule has 0 aliphatic rings. The van der Waals surface area contributed by atoms with Crippen LogP contribution in [-0.4, -0.2) is 9.75 Å². The molecule has 16 heavy (non-hydrogen) atoms. The van der Waals surface area contributed by atoms with Gasteiger partial charge < -0.3 is 0 Å². The summed E-state index contributed by atoms with van der Waals surface area (Å²) < 4.78 is 12.9. The molecular weight excluding hydrogens is 277 g/mol. The van der Waals surface area contributed by atoms with Crippen LogP contribution in [0.2, 0.25) is 0 Å². The number of nitro benzene ring substituents is 1. The Labute approximate surface area is 102 Å². The minimum absolute atomic E-state index is 0.138. The third kappa shape index (κ3) is 3.56. The number of rotatable bonds is 5. The summed E-state index contributed by atoms with van der Waals surface area (Å²) in [7, 11) is 0. The van der Waals surface area contributed by atoms with Crippen LogP contribution in [0.25, 0.3) is 0 Å². The van der Waals surface area contributed by atoms with Gasteiger partial charge in [-0.15, -0.1) is 0 Å². The summed E-state index contributed by atoms with van der Waals surface area (Å²) in [5.41, 5.74) is 0.433. The predicted molar refractivity (Wildman–Crippen MR) is 64.4 cm³/mol. The van der Waals surface area contributed by atoms with Gasteiger partial charge in [0.05, 0.1) is 11.0 Å². The van der Waals surface area contributed by atoms with Gasteiger partial charge in [-0.05, 0) is 25.0 Å². The van der Waals surface area contributed by atoms with Crippen LogP contribution in [-0.2, 0) is 6.42 Å². The maximum absolute atomic E-state index is 12.9. The van der Waals surface area contributed by atoms with E-state index in [2.05, 4.69) is 15.9 Å². The van der Waals surface area contributed by atoms with Crippen LogP contribution in [0.3, 0.4) is 0 Å². The zero-order chi connectivity index (χ0) is 12.1. The number of nitro groups is 1. The van der Waals surface area contributed by atoms with Crippen molar-refractivity contribution in [2.45, 2.75) is 31.0 Å². The molecule has 1 aromatic carbocycles. The van der Waals surface area contributed by atoms with Crippen LogP contribution in [0, 0.1) is 15.9 Å². The Morgan fingerprint density at radius 2 is 2.25 bits per heavy atom. The highest BCUT2D eigenvalue weighted by Crippen LogP contribution is 2.24. The lowest BCUT2D eigenvalue weighted by molar-refractivity contribution is -0.385. The molecule has 0 bridgehead atoms. The third-order valence-corrected chi connectivity index (χ3v) is 3.07. The van der Waals surface area contributed by atoms with E-state index in [0.717, 1.165) is 18.9 Å². The molecule has 1 unspecified atom stereocenters. The first-order chi connectivity index (χ1) is 7.54. The summed E-state index contributed by atoms with van der Waals surface area (Å²) in [5, 5.41) is 10.7. The van der Waals surface area contributed by atoms with E-state index < -0.39 is 10.7 Å². The van der Waals surface area contributed by atoms with Crippen molar-refractivity contribution < 1.29 is 9.31 Å². The molecule has 0 heterocycles. The van der Waals surface area contributed by atoms with E-state index in [1.165, 1.54) is 12.1 Å². The van der Waals surface area contributed by atoms with Gasteiger partial charge in [0.2, 0.25) is 0 Å². The van der Waals surface area contributed by atoms with Gasteiger partial charge in [0.1, 0.15) is 5.82 Å². The van der Waals surface area contributed by atoms with E-state index in [4.69, 9.17) is 0 Å². The Bertz CT molecular complexity index is 384. The smallest absolute Gasteiger partial charge is 0.258 e. The van der Waals surface area contributed by atoms with Crippen LogP contribution >= 0.6 is 15.9 Å². The van der Waals surface area contributed by atoms with Crippen molar-refractivity contribution in [1.29, 1.82) is 0 Å². The molecule has 0 aromatic heterocycles. The highest BCUT2D eigenvalue weighted by molar-refractivity contribution is 9.09. The Morgan fingerprint density at radius 3 is 2.81 bits per heavy atom. The van der Waals surface area contributed by atoms with Crippen molar-refractivity contribution in [2.24, 2.45) is 0 Å². The molecule has 1 atom stereocenters. The van der Waals surface area contributed by atoms with Crippen molar-refractivity contribution >= 4 is 21.6 Å². The molecule has 5 heteroatoms. The maximum Gasteiger partial charge on any atom is 0.275 e. The number of benzene rings is 1. The Kier molecular flexibility index (Phi) is 4.86. The number of hydrogen-bond donors (Lipinski definition) is 0. The molecule has 0 radical (unpaired) electrons. The largest absolute Gasteiger partial charge is 0.275 e. The van der Waals surface area contributed by atoms with Crippen molar-refractivity contribution in [2.75, 3.05) is 0 Å². The van der Waals surface area contributed by atoms with Crippen LogP contribution in [0.4, 0.5) is 10.1 Å². The first-order valence-corrected chi connectivity index (χ1v) is 6.03. The van der Waals surface area contributed by atoms with E-state index >= 15 is 0 Å². The van der Waals surface area contributed by atoms with Gasteiger partial charge >= 0.3 is 0 Å². The van der Waals surface area contributed by atoms with Gasteiger partial charge in [0, 0.05) is 10.4 Å². The zero-order valence-electron chi connectivity index (χ0n) is 8.95.